The van der Waals surface area contributed by atoms with E-state index in [1.54, 1.807) is 0 Å². The summed E-state index contributed by atoms with van der Waals surface area (Å²) in [4.78, 5) is 0. The molecule has 0 bridgehead atoms. The van der Waals surface area contributed by atoms with E-state index in [2.05, 4.69) is 63.7 Å². The average molecular weight is 482 g/mol. The second kappa shape index (κ2) is 7.96. The molecule has 0 heterocycles. The fourth-order valence-corrected chi connectivity index (χ4v) is 4.52. The molecule has 1 aliphatic rings. The first-order chi connectivity index (χ1) is 7.54. The number of allylic oxidation sites excluding steroid dienone is 2. The summed E-state index contributed by atoms with van der Waals surface area (Å²) in [6, 6.07) is 0. The lowest BCUT2D eigenvalue weighted by molar-refractivity contribution is 0.565. The summed E-state index contributed by atoms with van der Waals surface area (Å²) in [6.07, 6.45) is 11.7. The summed E-state index contributed by atoms with van der Waals surface area (Å²) < 4.78 is 2.44. The molecule has 0 nitrogen and oxygen atoms in total. The Hall–Kier alpha value is 1.66. The standard InChI is InChI=1S/C12H18Br4/c13-10-8-6-4-2-1-3-5-7-9-12(15,16)11(10)14/h1-9H2/b11-10+. The summed E-state index contributed by atoms with van der Waals surface area (Å²) >= 11 is 14.9. The highest BCUT2D eigenvalue weighted by atomic mass is 79.9. The van der Waals surface area contributed by atoms with Crippen molar-refractivity contribution in [3.05, 3.63) is 8.96 Å². The van der Waals surface area contributed by atoms with E-state index < -0.39 is 0 Å². The summed E-state index contributed by atoms with van der Waals surface area (Å²) in [5.74, 6) is 0. The number of halogens is 4. The lowest BCUT2D eigenvalue weighted by Crippen LogP contribution is -2.12. The SMILES string of the molecule is Br/C1=C(/Br)C(Br)(Br)CCCCCCCCC1. The molecule has 0 aliphatic heterocycles. The van der Waals surface area contributed by atoms with Crippen molar-refractivity contribution >= 4 is 63.7 Å². The van der Waals surface area contributed by atoms with Crippen molar-refractivity contribution < 1.29 is 0 Å². The molecule has 16 heavy (non-hydrogen) atoms. The van der Waals surface area contributed by atoms with Gasteiger partial charge in [0, 0.05) is 8.96 Å². The van der Waals surface area contributed by atoms with Crippen molar-refractivity contribution in [1.82, 2.24) is 0 Å². The molecule has 0 saturated carbocycles. The van der Waals surface area contributed by atoms with E-state index in [0.29, 0.717) is 0 Å². The number of hydrogen-bond donors (Lipinski definition) is 0. The molecular weight excluding hydrogens is 464 g/mol. The minimum Gasteiger partial charge on any atom is -0.0668 e. The van der Waals surface area contributed by atoms with Gasteiger partial charge in [0.1, 0.15) is 3.23 Å². The van der Waals surface area contributed by atoms with Gasteiger partial charge in [0.15, 0.2) is 0 Å². The first kappa shape index (κ1) is 15.7. The van der Waals surface area contributed by atoms with Crippen molar-refractivity contribution in [2.24, 2.45) is 0 Å². The van der Waals surface area contributed by atoms with E-state index in [-0.39, 0.29) is 3.23 Å². The maximum Gasteiger partial charge on any atom is 0.112 e. The molecule has 0 amide bonds. The molecule has 94 valence electrons. The topological polar surface area (TPSA) is 0 Å². The summed E-state index contributed by atoms with van der Waals surface area (Å²) in [5.41, 5.74) is 0. The van der Waals surface area contributed by atoms with Crippen LogP contribution in [0.15, 0.2) is 8.96 Å². The van der Waals surface area contributed by atoms with Crippen molar-refractivity contribution in [2.75, 3.05) is 0 Å². The zero-order valence-electron chi connectivity index (χ0n) is 9.38. The minimum absolute atomic E-state index is 0.0714. The van der Waals surface area contributed by atoms with Crippen molar-refractivity contribution in [3.63, 3.8) is 0 Å². The molecule has 0 unspecified atom stereocenters. The molecule has 0 fully saturated rings. The van der Waals surface area contributed by atoms with E-state index in [9.17, 15) is 0 Å². The molecule has 0 aromatic heterocycles. The molecule has 0 N–H and O–H groups in total. The van der Waals surface area contributed by atoms with Gasteiger partial charge in [-0.2, -0.15) is 0 Å². The fraction of sp³-hybridized carbons (Fsp3) is 0.833. The van der Waals surface area contributed by atoms with E-state index in [4.69, 9.17) is 0 Å². The van der Waals surface area contributed by atoms with Gasteiger partial charge in [0.25, 0.3) is 0 Å². The fourth-order valence-electron chi connectivity index (χ4n) is 1.93. The molecule has 0 aromatic carbocycles. The Morgan fingerprint density at radius 3 is 1.88 bits per heavy atom. The van der Waals surface area contributed by atoms with Crippen LogP contribution in [0.2, 0.25) is 0 Å². The third-order valence-corrected chi connectivity index (χ3v) is 8.08. The van der Waals surface area contributed by atoms with Crippen LogP contribution in [-0.2, 0) is 0 Å². The average Bonchev–Trinajstić information content (AvgIpc) is 2.24. The van der Waals surface area contributed by atoms with E-state index in [1.165, 1.54) is 53.9 Å². The Balaban J connectivity index is 2.68. The summed E-state index contributed by atoms with van der Waals surface area (Å²) in [6.45, 7) is 0. The molecule has 0 saturated heterocycles. The predicted molar refractivity (Wildman–Crippen MR) is 87.0 cm³/mol. The Kier molecular flexibility index (Phi) is 7.82. The van der Waals surface area contributed by atoms with Crippen molar-refractivity contribution in [2.45, 2.75) is 61.0 Å². The zero-order chi connectivity index (χ0) is 12.0. The van der Waals surface area contributed by atoms with Crippen LogP contribution in [0.3, 0.4) is 0 Å². The van der Waals surface area contributed by atoms with Crippen LogP contribution in [0.4, 0.5) is 0 Å². The first-order valence-corrected chi connectivity index (χ1v) is 9.14. The van der Waals surface area contributed by atoms with Crippen LogP contribution < -0.4 is 0 Å². The lowest BCUT2D eigenvalue weighted by atomic mass is 10.0. The zero-order valence-corrected chi connectivity index (χ0v) is 15.7. The Morgan fingerprint density at radius 1 is 0.750 bits per heavy atom. The second-order valence-electron chi connectivity index (χ2n) is 4.40. The Morgan fingerprint density at radius 2 is 1.25 bits per heavy atom. The first-order valence-electron chi connectivity index (χ1n) is 5.96. The molecule has 1 rings (SSSR count). The van der Waals surface area contributed by atoms with Crippen LogP contribution in [-0.4, -0.2) is 3.23 Å². The highest BCUT2D eigenvalue weighted by Gasteiger charge is 2.27. The van der Waals surface area contributed by atoms with Crippen LogP contribution in [0.25, 0.3) is 0 Å². The van der Waals surface area contributed by atoms with Gasteiger partial charge in [-0.05, 0) is 19.3 Å². The third kappa shape index (κ3) is 5.53. The van der Waals surface area contributed by atoms with Crippen LogP contribution >= 0.6 is 63.7 Å². The maximum absolute atomic E-state index is 3.77. The van der Waals surface area contributed by atoms with Gasteiger partial charge < -0.3 is 0 Å². The van der Waals surface area contributed by atoms with E-state index in [1.807, 2.05) is 0 Å². The van der Waals surface area contributed by atoms with Gasteiger partial charge in [-0.25, -0.2) is 0 Å². The molecule has 4 heteroatoms. The summed E-state index contributed by atoms with van der Waals surface area (Å²) in [5, 5.41) is 0. The van der Waals surface area contributed by atoms with E-state index >= 15 is 0 Å². The minimum atomic E-state index is -0.0714. The van der Waals surface area contributed by atoms with Crippen LogP contribution in [0, 0.1) is 0 Å². The largest absolute Gasteiger partial charge is 0.112 e. The number of alkyl halides is 2. The molecule has 0 atom stereocenters. The maximum atomic E-state index is 3.77. The highest BCUT2D eigenvalue weighted by molar-refractivity contribution is 9.26. The van der Waals surface area contributed by atoms with Crippen molar-refractivity contribution in [3.8, 4) is 0 Å². The third-order valence-electron chi connectivity index (χ3n) is 2.95. The highest BCUT2D eigenvalue weighted by Crippen LogP contribution is 2.46. The van der Waals surface area contributed by atoms with Gasteiger partial charge in [-0.3, -0.25) is 0 Å². The molecule has 0 spiro atoms. The normalized spacial score (nSPS) is 29.2. The molecular formula is C12H18Br4. The number of hydrogen-bond acceptors (Lipinski definition) is 0. The molecule has 1 aliphatic carbocycles. The molecule has 0 radical (unpaired) electrons. The Labute approximate surface area is 133 Å². The predicted octanol–water partition coefficient (Wildman–Crippen LogP) is 7.00. The molecule has 0 aromatic rings. The smallest absolute Gasteiger partial charge is 0.0668 e. The van der Waals surface area contributed by atoms with Gasteiger partial charge in [0.2, 0.25) is 0 Å². The quantitative estimate of drug-likeness (QED) is 0.327. The number of rotatable bonds is 0. The second-order valence-corrected chi connectivity index (χ2v) is 9.92. The van der Waals surface area contributed by atoms with Gasteiger partial charge >= 0.3 is 0 Å². The summed E-state index contributed by atoms with van der Waals surface area (Å²) in [7, 11) is 0. The van der Waals surface area contributed by atoms with Gasteiger partial charge in [-0.1, -0.05) is 102 Å². The van der Waals surface area contributed by atoms with Crippen molar-refractivity contribution in [1.29, 1.82) is 0 Å². The van der Waals surface area contributed by atoms with E-state index in [0.717, 1.165) is 12.8 Å². The van der Waals surface area contributed by atoms with Crippen LogP contribution in [0.1, 0.15) is 57.8 Å². The Bertz CT molecular complexity index is 245. The monoisotopic (exact) mass is 478 g/mol. The van der Waals surface area contributed by atoms with Gasteiger partial charge in [-0.15, -0.1) is 0 Å². The van der Waals surface area contributed by atoms with Crippen LogP contribution in [0.5, 0.6) is 0 Å². The lowest BCUT2D eigenvalue weighted by Gasteiger charge is -2.22. The van der Waals surface area contributed by atoms with Gasteiger partial charge in [0.05, 0.1) is 0 Å².